The summed E-state index contributed by atoms with van der Waals surface area (Å²) in [6.07, 6.45) is 1.55. The van der Waals surface area contributed by atoms with Crippen LogP contribution in [-0.4, -0.2) is 15.2 Å². The van der Waals surface area contributed by atoms with Crippen LogP contribution in [0, 0.1) is 19.7 Å². The molecule has 0 radical (unpaired) electrons. The first-order valence-electron chi connectivity index (χ1n) is 7.63. The lowest BCUT2D eigenvalue weighted by Gasteiger charge is -2.11. The van der Waals surface area contributed by atoms with Crippen molar-refractivity contribution >= 4 is 17.5 Å². The third-order valence-electron chi connectivity index (χ3n) is 3.66. The molecule has 0 saturated carbocycles. The maximum atomic E-state index is 12.9. The SMILES string of the molecule is Cc1cccc(C)c1Nc1nncc(NCc2ccc(F)cc2)n1. The van der Waals surface area contributed by atoms with Gasteiger partial charge in [0.15, 0.2) is 5.82 Å². The summed E-state index contributed by atoms with van der Waals surface area (Å²) in [6.45, 7) is 4.58. The lowest BCUT2D eigenvalue weighted by molar-refractivity contribution is 0.627. The number of hydrogen-bond donors (Lipinski definition) is 2. The average molecular weight is 323 g/mol. The zero-order valence-electron chi connectivity index (χ0n) is 13.5. The summed E-state index contributed by atoms with van der Waals surface area (Å²) in [4.78, 5) is 4.41. The van der Waals surface area contributed by atoms with Gasteiger partial charge >= 0.3 is 0 Å². The molecule has 24 heavy (non-hydrogen) atoms. The van der Waals surface area contributed by atoms with Gasteiger partial charge in [0.25, 0.3) is 0 Å². The summed E-state index contributed by atoms with van der Waals surface area (Å²) in [7, 11) is 0. The number of halogens is 1. The number of hydrogen-bond acceptors (Lipinski definition) is 5. The lowest BCUT2D eigenvalue weighted by atomic mass is 10.1. The van der Waals surface area contributed by atoms with Gasteiger partial charge in [-0.3, -0.25) is 0 Å². The van der Waals surface area contributed by atoms with E-state index in [9.17, 15) is 4.39 Å². The molecular formula is C18H18FN5. The number of rotatable bonds is 5. The van der Waals surface area contributed by atoms with Crippen molar-refractivity contribution in [1.29, 1.82) is 0 Å². The van der Waals surface area contributed by atoms with Crippen molar-refractivity contribution in [2.24, 2.45) is 0 Å². The van der Waals surface area contributed by atoms with Crippen LogP contribution in [-0.2, 0) is 6.54 Å². The fourth-order valence-electron chi connectivity index (χ4n) is 2.36. The van der Waals surface area contributed by atoms with Crippen LogP contribution in [0.3, 0.4) is 0 Å². The number of nitrogens with one attached hydrogen (secondary N) is 2. The Kier molecular flexibility index (Phi) is 4.65. The van der Waals surface area contributed by atoms with E-state index < -0.39 is 0 Å². The molecule has 0 unspecified atom stereocenters. The Labute approximate surface area is 140 Å². The van der Waals surface area contributed by atoms with Gasteiger partial charge in [0, 0.05) is 12.2 Å². The van der Waals surface area contributed by atoms with Gasteiger partial charge in [-0.2, -0.15) is 10.1 Å². The minimum Gasteiger partial charge on any atom is -0.365 e. The Morgan fingerprint density at radius 3 is 2.42 bits per heavy atom. The molecule has 3 aromatic rings. The van der Waals surface area contributed by atoms with Gasteiger partial charge in [-0.25, -0.2) is 4.39 Å². The number of anilines is 3. The average Bonchev–Trinajstić information content (AvgIpc) is 2.58. The molecule has 1 aromatic heterocycles. The highest BCUT2D eigenvalue weighted by molar-refractivity contribution is 5.63. The highest BCUT2D eigenvalue weighted by atomic mass is 19.1. The van der Waals surface area contributed by atoms with Crippen molar-refractivity contribution in [1.82, 2.24) is 15.2 Å². The molecule has 1 heterocycles. The summed E-state index contributed by atoms with van der Waals surface area (Å²) >= 11 is 0. The van der Waals surface area contributed by atoms with Crippen molar-refractivity contribution in [3.05, 3.63) is 71.2 Å². The first-order chi connectivity index (χ1) is 11.6. The largest absolute Gasteiger partial charge is 0.365 e. The van der Waals surface area contributed by atoms with Gasteiger partial charge in [0.05, 0.1) is 6.20 Å². The number of para-hydroxylation sites is 1. The molecule has 122 valence electrons. The Morgan fingerprint density at radius 2 is 1.71 bits per heavy atom. The smallest absolute Gasteiger partial charge is 0.249 e. The number of aryl methyl sites for hydroxylation is 2. The van der Waals surface area contributed by atoms with E-state index in [1.165, 1.54) is 12.1 Å². The monoisotopic (exact) mass is 323 g/mol. The second-order valence-corrected chi connectivity index (χ2v) is 5.54. The lowest BCUT2D eigenvalue weighted by Crippen LogP contribution is -2.06. The van der Waals surface area contributed by atoms with Gasteiger partial charge in [0.2, 0.25) is 5.95 Å². The van der Waals surface area contributed by atoms with Gasteiger partial charge in [0.1, 0.15) is 5.82 Å². The molecule has 0 aliphatic carbocycles. The second-order valence-electron chi connectivity index (χ2n) is 5.54. The van der Waals surface area contributed by atoms with E-state index in [4.69, 9.17) is 0 Å². The minimum atomic E-state index is -0.248. The summed E-state index contributed by atoms with van der Waals surface area (Å²) in [6, 6.07) is 12.4. The molecule has 0 aliphatic heterocycles. The topological polar surface area (TPSA) is 62.7 Å². The van der Waals surface area contributed by atoms with Gasteiger partial charge < -0.3 is 10.6 Å². The standard InChI is InChI=1S/C18H18FN5/c1-12-4-3-5-13(2)17(12)23-18-22-16(11-21-24-18)20-10-14-6-8-15(19)9-7-14/h3-9,11H,10H2,1-2H3,(H2,20,22,23,24). The molecule has 3 rings (SSSR count). The summed E-state index contributed by atoms with van der Waals surface area (Å²) in [5, 5.41) is 14.4. The second kappa shape index (κ2) is 7.04. The highest BCUT2D eigenvalue weighted by Crippen LogP contribution is 2.22. The third-order valence-corrected chi connectivity index (χ3v) is 3.66. The van der Waals surface area contributed by atoms with Crippen LogP contribution in [0.4, 0.5) is 21.8 Å². The van der Waals surface area contributed by atoms with E-state index >= 15 is 0 Å². The van der Waals surface area contributed by atoms with Gasteiger partial charge in [-0.15, -0.1) is 5.10 Å². The predicted molar refractivity (Wildman–Crippen MR) is 92.8 cm³/mol. The van der Waals surface area contributed by atoms with Crippen molar-refractivity contribution in [3.8, 4) is 0 Å². The fraction of sp³-hybridized carbons (Fsp3) is 0.167. The van der Waals surface area contributed by atoms with E-state index in [2.05, 4.69) is 25.8 Å². The number of benzene rings is 2. The fourth-order valence-corrected chi connectivity index (χ4v) is 2.36. The molecular weight excluding hydrogens is 305 g/mol. The molecule has 5 nitrogen and oxygen atoms in total. The molecule has 0 saturated heterocycles. The van der Waals surface area contributed by atoms with Crippen LogP contribution >= 0.6 is 0 Å². The summed E-state index contributed by atoms with van der Waals surface area (Å²) in [5.74, 6) is 0.780. The number of nitrogens with zero attached hydrogens (tertiary/aromatic N) is 3. The van der Waals surface area contributed by atoms with Crippen molar-refractivity contribution < 1.29 is 4.39 Å². The molecule has 0 amide bonds. The third kappa shape index (κ3) is 3.84. The molecule has 2 N–H and O–H groups in total. The first kappa shape index (κ1) is 15.9. The molecule has 0 spiro atoms. The molecule has 6 heteroatoms. The Balaban J connectivity index is 1.71. The Bertz CT molecular complexity index is 813. The number of aromatic nitrogens is 3. The predicted octanol–water partition coefficient (Wildman–Crippen LogP) is 3.98. The molecule has 0 bridgehead atoms. The van der Waals surface area contributed by atoms with E-state index in [0.29, 0.717) is 18.3 Å². The maximum absolute atomic E-state index is 12.9. The van der Waals surface area contributed by atoms with Crippen LogP contribution < -0.4 is 10.6 Å². The zero-order valence-corrected chi connectivity index (χ0v) is 13.5. The Morgan fingerprint density at radius 1 is 1.00 bits per heavy atom. The highest BCUT2D eigenvalue weighted by Gasteiger charge is 2.06. The van der Waals surface area contributed by atoms with E-state index in [1.807, 2.05) is 32.0 Å². The first-order valence-corrected chi connectivity index (χ1v) is 7.63. The quantitative estimate of drug-likeness (QED) is 0.743. The van der Waals surface area contributed by atoms with Crippen molar-refractivity contribution in [3.63, 3.8) is 0 Å². The summed E-state index contributed by atoms with van der Waals surface area (Å²) < 4.78 is 12.9. The zero-order chi connectivity index (χ0) is 16.9. The van der Waals surface area contributed by atoms with Crippen molar-refractivity contribution in [2.45, 2.75) is 20.4 Å². The molecule has 0 atom stereocenters. The van der Waals surface area contributed by atoms with E-state index in [1.54, 1.807) is 18.3 Å². The molecule has 0 aliphatic rings. The van der Waals surface area contributed by atoms with E-state index in [0.717, 1.165) is 22.4 Å². The molecule has 2 aromatic carbocycles. The van der Waals surface area contributed by atoms with Crippen LogP contribution in [0.15, 0.2) is 48.7 Å². The normalized spacial score (nSPS) is 10.5. The van der Waals surface area contributed by atoms with Gasteiger partial charge in [-0.1, -0.05) is 30.3 Å². The summed E-state index contributed by atoms with van der Waals surface area (Å²) in [5.41, 5.74) is 4.17. The van der Waals surface area contributed by atoms with Crippen LogP contribution in [0.25, 0.3) is 0 Å². The Hall–Kier alpha value is -3.02. The van der Waals surface area contributed by atoms with Crippen LogP contribution in [0.5, 0.6) is 0 Å². The maximum Gasteiger partial charge on any atom is 0.249 e. The van der Waals surface area contributed by atoms with Gasteiger partial charge in [-0.05, 0) is 42.7 Å². The van der Waals surface area contributed by atoms with Crippen LogP contribution in [0.1, 0.15) is 16.7 Å². The molecule has 0 fully saturated rings. The van der Waals surface area contributed by atoms with Crippen LogP contribution in [0.2, 0.25) is 0 Å². The van der Waals surface area contributed by atoms with Crippen molar-refractivity contribution in [2.75, 3.05) is 10.6 Å². The minimum absolute atomic E-state index is 0.248. The van der Waals surface area contributed by atoms with E-state index in [-0.39, 0.29) is 5.82 Å².